The maximum absolute atomic E-state index is 9.54. The fourth-order valence-electron chi connectivity index (χ4n) is 1.75. The van der Waals surface area contributed by atoms with E-state index in [0.717, 1.165) is 6.42 Å². The first kappa shape index (κ1) is 10.4. The average molecular weight is 204 g/mol. The number of hydrogen-bond donors (Lipinski definition) is 1. The van der Waals surface area contributed by atoms with Crippen molar-refractivity contribution in [3.05, 3.63) is 48.0 Å². The largest absolute Gasteiger partial charge is 0.392 e. The zero-order chi connectivity index (χ0) is 10.5. The highest BCUT2D eigenvalue weighted by atomic mass is 16.5. The molecule has 2 heteroatoms. The molecule has 0 aromatic heterocycles. The average Bonchev–Trinajstić information content (AvgIpc) is 2.66. The molecular weight excluding hydrogens is 188 g/mol. The summed E-state index contributed by atoms with van der Waals surface area (Å²) in [5.74, 6) is 0.175. The SMILES string of the molecule is OC1CC=C[C@H]1COCc1ccccc1. The van der Waals surface area contributed by atoms with Crippen molar-refractivity contribution in [3.63, 3.8) is 0 Å². The molecule has 2 atom stereocenters. The second kappa shape index (κ2) is 5.10. The molecule has 80 valence electrons. The first-order chi connectivity index (χ1) is 7.36. The summed E-state index contributed by atoms with van der Waals surface area (Å²) in [6, 6.07) is 10.1. The van der Waals surface area contributed by atoms with Gasteiger partial charge in [-0.1, -0.05) is 42.5 Å². The van der Waals surface area contributed by atoms with E-state index in [9.17, 15) is 5.11 Å². The van der Waals surface area contributed by atoms with E-state index in [1.807, 2.05) is 42.5 Å². The van der Waals surface area contributed by atoms with Gasteiger partial charge in [-0.2, -0.15) is 0 Å². The Balaban J connectivity index is 1.73. The van der Waals surface area contributed by atoms with Crippen molar-refractivity contribution in [2.75, 3.05) is 6.61 Å². The molecule has 0 radical (unpaired) electrons. The third-order valence-electron chi connectivity index (χ3n) is 2.68. The smallest absolute Gasteiger partial charge is 0.0717 e. The van der Waals surface area contributed by atoms with Gasteiger partial charge in [-0.25, -0.2) is 0 Å². The number of aliphatic hydroxyl groups excluding tert-OH is 1. The van der Waals surface area contributed by atoms with Crippen molar-refractivity contribution in [1.29, 1.82) is 0 Å². The summed E-state index contributed by atoms with van der Waals surface area (Å²) in [5, 5.41) is 9.54. The van der Waals surface area contributed by atoms with Gasteiger partial charge in [0.1, 0.15) is 0 Å². The van der Waals surface area contributed by atoms with E-state index in [4.69, 9.17) is 4.74 Å². The molecule has 1 aliphatic rings. The lowest BCUT2D eigenvalue weighted by Gasteiger charge is -2.13. The Labute approximate surface area is 90.2 Å². The van der Waals surface area contributed by atoms with Gasteiger partial charge in [0.25, 0.3) is 0 Å². The Morgan fingerprint density at radius 1 is 1.27 bits per heavy atom. The highest BCUT2D eigenvalue weighted by molar-refractivity contribution is 5.13. The lowest BCUT2D eigenvalue weighted by Crippen LogP contribution is -2.18. The van der Waals surface area contributed by atoms with Crippen LogP contribution >= 0.6 is 0 Å². The molecule has 1 aromatic carbocycles. The lowest BCUT2D eigenvalue weighted by atomic mass is 10.1. The highest BCUT2D eigenvalue weighted by Crippen LogP contribution is 2.18. The maximum Gasteiger partial charge on any atom is 0.0717 e. The summed E-state index contributed by atoms with van der Waals surface area (Å²) in [7, 11) is 0. The molecule has 0 saturated carbocycles. The predicted octanol–water partition coefficient (Wildman–Crippen LogP) is 2.14. The first-order valence-corrected chi connectivity index (χ1v) is 5.32. The molecule has 0 heterocycles. The van der Waals surface area contributed by atoms with Gasteiger partial charge >= 0.3 is 0 Å². The van der Waals surface area contributed by atoms with Crippen LogP contribution in [-0.4, -0.2) is 17.8 Å². The highest BCUT2D eigenvalue weighted by Gasteiger charge is 2.19. The summed E-state index contributed by atoms with van der Waals surface area (Å²) in [6.45, 7) is 1.23. The van der Waals surface area contributed by atoms with Gasteiger partial charge in [-0.05, 0) is 12.0 Å². The Morgan fingerprint density at radius 3 is 2.73 bits per heavy atom. The molecular formula is C13H16O2. The van der Waals surface area contributed by atoms with Crippen LogP contribution in [0, 0.1) is 5.92 Å². The molecule has 1 aromatic rings. The Kier molecular flexibility index (Phi) is 3.54. The minimum atomic E-state index is -0.249. The number of rotatable bonds is 4. The van der Waals surface area contributed by atoms with Crippen LogP contribution in [0.4, 0.5) is 0 Å². The zero-order valence-electron chi connectivity index (χ0n) is 8.67. The third-order valence-corrected chi connectivity index (χ3v) is 2.68. The summed E-state index contributed by atoms with van der Waals surface area (Å²) < 4.78 is 5.56. The minimum Gasteiger partial charge on any atom is -0.392 e. The van der Waals surface area contributed by atoms with Crippen molar-refractivity contribution >= 4 is 0 Å². The normalized spacial score (nSPS) is 24.6. The zero-order valence-corrected chi connectivity index (χ0v) is 8.67. The Bertz CT molecular complexity index is 319. The quantitative estimate of drug-likeness (QED) is 0.761. The van der Waals surface area contributed by atoms with E-state index in [1.54, 1.807) is 0 Å². The molecule has 0 amide bonds. The summed E-state index contributed by atoms with van der Waals surface area (Å²) in [5.41, 5.74) is 1.17. The van der Waals surface area contributed by atoms with E-state index in [-0.39, 0.29) is 12.0 Å². The summed E-state index contributed by atoms with van der Waals surface area (Å²) in [4.78, 5) is 0. The fourth-order valence-corrected chi connectivity index (χ4v) is 1.75. The molecule has 1 N–H and O–H groups in total. The number of hydrogen-bond acceptors (Lipinski definition) is 2. The lowest BCUT2D eigenvalue weighted by molar-refractivity contribution is 0.0479. The van der Waals surface area contributed by atoms with Gasteiger partial charge in [-0.15, -0.1) is 0 Å². The topological polar surface area (TPSA) is 29.5 Å². The monoisotopic (exact) mass is 204 g/mol. The second-order valence-corrected chi connectivity index (χ2v) is 3.90. The molecule has 15 heavy (non-hydrogen) atoms. The third kappa shape index (κ3) is 2.91. The van der Waals surface area contributed by atoms with Crippen molar-refractivity contribution < 1.29 is 9.84 Å². The second-order valence-electron chi connectivity index (χ2n) is 3.90. The van der Waals surface area contributed by atoms with Crippen LogP contribution in [0.25, 0.3) is 0 Å². The van der Waals surface area contributed by atoms with Crippen LogP contribution in [0.2, 0.25) is 0 Å². The van der Waals surface area contributed by atoms with Gasteiger partial charge in [-0.3, -0.25) is 0 Å². The van der Waals surface area contributed by atoms with Crippen LogP contribution in [0.15, 0.2) is 42.5 Å². The number of aliphatic hydroxyl groups is 1. The van der Waals surface area contributed by atoms with Crippen LogP contribution in [-0.2, 0) is 11.3 Å². The van der Waals surface area contributed by atoms with Gasteiger partial charge < -0.3 is 9.84 Å². The summed E-state index contributed by atoms with van der Waals surface area (Å²) >= 11 is 0. The van der Waals surface area contributed by atoms with Gasteiger partial charge in [0, 0.05) is 5.92 Å². The molecule has 0 bridgehead atoms. The molecule has 0 saturated heterocycles. The molecule has 1 unspecified atom stereocenters. The molecule has 2 rings (SSSR count). The maximum atomic E-state index is 9.54. The van der Waals surface area contributed by atoms with E-state index >= 15 is 0 Å². The standard InChI is InChI=1S/C13H16O2/c14-13-8-4-7-12(13)10-15-9-11-5-2-1-3-6-11/h1-7,12-14H,8-10H2/t12-,13?/m0/s1. The van der Waals surface area contributed by atoms with Crippen molar-refractivity contribution in [2.24, 2.45) is 5.92 Å². The molecule has 2 nitrogen and oxygen atoms in total. The molecule has 0 aliphatic heterocycles. The van der Waals surface area contributed by atoms with Crippen molar-refractivity contribution in [2.45, 2.75) is 19.1 Å². The van der Waals surface area contributed by atoms with Crippen LogP contribution in [0.1, 0.15) is 12.0 Å². The van der Waals surface area contributed by atoms with Gasteiger partial charge in [0.15, 0.2) is 0 Å². The van der Waals surface area contributed by atoms with Crippen LogP contribution in [0.3, 0.4) is 0 Å². The number of ether oxygens (including phenoxy) is 1. The Morgan fingerprint density at radius 2 is 2.07 bits per heavy atom. The van der Waals surface area contributed by atoms with Crippen molar-refractivity contribution in [3.8, 4) is 0 Å². The number of benzene rings is 1. The van der Waals surface area contributed by atoms with Gasteiger partial charge in [0.2, 0.25) is 0 Å². The van der Waals surface area contributed by atoms with E-state index in [2.05, 4.69) is 0 Å². The molecule has 0 spiro atoms. The molecule has 1 aliphatic carbocycles. The van der Waals surface area contributed by atoms with E-state index in [1.165, 1.54) is 5.56 Å². The van der Waals surface area contributed by atoms with Crippen LogP contribution < -0.4 is 0 Å². The predicted molar refractivity (Wildman–Crippen MR) is 59.4 cm³/mol. The Hall–Kier alpha value is -1.12. The minimum absolute atomic E-state index is 0.175. The van der Waals surface area contributed by atoms with Gasteiger partial charge in [0.05, 0.1) is 19.3 Å². The first-order valence-electron chi connectivity index (χ1n) is 5.32. The van der Waals surface area contributed by atoms with E-state index < -0.39 is 0 Å². The van der Waals surface area contributed by atoms with E-state index in [0.29, 0.717) is 13.2 Å². The fraction of sp³-hybridized carbons (Fsp3) is 0.385. The molecule has 0 fully saturated rings. The van der Waals surface area contributed by atoms with Crippen molar-refractivity contribution in [1.82, 2.24) is 0 Å². The summed E-state index contributed by atoms with van der Waals surface area (Å²) in [6.07, 6.45) is 4.57. The van der Waals surface area contributed by atoms with Crippen LogP contribution in [0.5, 0.6) is 0 Å².